The van der Waals surface area contributed by atoms with Crippen LogP contribution in [0.25, 0.3) is 0 Å². The molecular weight excluding hydrogens is 390 g/mol. The summed E-state index contributed by atoms with van der Waals surface area (Å²) < 4.78 is 13.0. The minimum atomic E-state index is -0.428. The van der Waals surface area contributed by atoms with Crippen molar-refractivity contribution in [3.05, 3.63) is 108 Å². The van der Waals surface area contributed by atoms with Crippen molar-refractivity contribution in [2.75, 3.05) is 7.11 Å². The van der Waals surface area contributed by atoms with E-state index in [1.165, 1.54) is 0 Å². The minimum absolute atomic E-state index is 0.206. The van der Waals surface area contributed by atoms with Crippen molar-refractivity contribution >= 4 is 5.91 Å². The molecule has 1 unspecified atom stereocenters. The maximum Gasteiger partial charge on any atom is 0.252 e. The van der Waals surface area contributed by atoms with Gasteiger partial charge < -0.3 is 19.4 Å². The summed E-state index contributed by atoms with van der Waals surface area (Å²) in [5.74, 6) is 2.64. The molecule has 1 N–H and O–H groups in total. The van der Waals surface area contributed by atoms with Gasteiger partial charge in [0, 0.05) is 25.0 Å². The van der Waals surface area contributed by atoms with Gasteiger partial charge in [-0.15, -0.1) is 0 Å². The first-order valence-electron chi connectivity index (χ1n) is 9.89. The van der Waals surface area contributed by atoms with Crippen LogP contribution in [0.3, 0.4) is 0 Å². The topological polar surface area (TPSA) is 65.4 Å². The van der Waals surface area contributed by atoms with Crippen LogP contribution >= 0.6 is 0 Å². The molecule has 0 radical (unpaired) electrons. The van der Waals surface area contributed by atoms with Crippen LogP contribution in [0, 0.1) is 0 Å². The number of imidazole rings is 1. The van der Waals surface area contributed by atoms with E-state index in [4.69, 9.17) is 9.47 Å². The van der Waals surface area contributed by atoms with E-state index in [9.17, 15) is 4.79 Å². The number of aryl methyl sites for hydroxylation is 1. The molecule has 0 aliphatic heterocycles. The average Bonchev–Trinajstić information content (AvgIpc) is 3.24. The normalized spacial score (nSPS) is 11.5. The van der Waals surface area contributed by atoms with Crippen LogP contribution in [0.2, 0.25) is 0 Å². The lowest BCUT2D eigenvalue weighted by atomic mass is 10.0. The third-order valence-electron chi connectivity index (χ3n) is 4.91. The third kappa shape index (κ3) is 4.75. The van der Waals surface area contributed by atoms with Gasteiger partial charge in [0.2, 0.25) is 0 Å². The van der Waals surface area contributed by atoms with E-state index in [0.717, 1.165) is 17.1 Å². The zero-order valence-electron chi connectivity index (χ0n) is 17.4. The fraction of sp³-hybridized carbons (Fsp3) is 0.120. The molecule has 4 rings (SSSR count). The zero-order chi connectivity index (χ0) is 21.6. The molecule has 1 amide bonds. The molecule has 4 aromatic rings. The Labute approximate surface area is 181 Å². The number of rotatable bonds is 7. The van der Waals surface area contributed by atoms with Crippen molar-refractivity contribution in [2.24, 2.45) is 7.05 Å². The number of carbonyl (C=O) groups excluding carboxylic acids is 1. The van der Waals surface area contributed by atoms with E-state index < -0.39 is 6.04 Å². The number of para-hydroxylation sites is 1. The van der Waals surface area contributed by atoms with Gasteiger partial charge in [0.05, 0.1) is 7.11 Å². The smallest absolute Gasteiger partial charge is 0.252 e. The molecule has 1 atom stereocenters. The van der Waals surface area contributed by atoms with Crippen LogP contribution in [0.5, 0.6) is 17.2 Å². The van der Waals surface area contributed by atoms with E-state index >= 15 is 0 Å². The lowest BCUT2D eigenvalue weighted by molar-refractivity contribution is 0.0941. The summed E-state index contributed by atoms with van der Waals surface area (Å²) in [7, 11) is 3.52. The molecule has 0 fully saturated rings. The molecule has 31 heavy (non-hydrogen) atoms. The molecule has 0 bridgehead atoms. The lowest BCUT2D eigenvalue weighted by Crippen LogP contribution is -2.31. The van der Waals surface area contributed by atoms with Crippen LogP contribution in [-0.2, 0) is 7.05 Å². The number of carbonyl (C=O) groups is 1. The second-order valence-electron chi connectivity index (χ2n) is 7.02. The Morgan fingerprint density at radius 1 is 0.935 bits per heavy atom. The summed E-state index contributed by atoms with van der Waals surface area (Å²) in [6, 6.07) is 23.7. The third-order valence-corrected chi connectivity index (χ3v) is 4.91. The number of aromatic nitrogens is 2. The molecule has 0 spiro atoms. The molecule has 0 aliphatic rings. The van der Waals surface area contributed by atoms with Crippen molar-refractivity contribution < 1.29 is 14.3 Å². The van der Waals surface area contributed by atoms with Crippen molar-refractivity contribution in [2.45, 2.75) is 6.04 Å². The zero-order valence-corrected chi connectivity index (χ0v) is 17.4. The van der Waals surface area contributed by atoms with E-state index in [1.807, 2.05) is 72.4 Å². The SMILES string of the molecule is COc1cccc(C(NC(=O)c2ccc(Oc3ccccc3)cc2)c2nccn2C)c1. The fourth-order valence-electron chi connectivity index (χ4n) is 3.29. The Balaban J connectivity index is 1.55. The maximum atomic E-state index is 13.0. The number of hydrogen-bond acceptors (Lipinski definition) is 4. The first-order valence-corrected chi connectivity index (χ1v) is 9.89. The number of nitrogens with one attached hydrogen (secondary N) is 1. The van der Waals surface area contributed by atoms with E-state index in [0.29, 0.717) is 17.1 Å². The maximum absolute atomic E-state index is 13.0. The van der Waals surface area contributed by atoms with Gasteiger partial charge in [-0.25, -0.2) is 4.98 Å². The second kappa shape index (κ2) is 9.17. The van der Waals surface area contributed by atoms with E-state index in [1.54, 1.807) is 37.6 Å². The molecular formula is C25H23N3O3. The summed E-state index contributed by atoms with van der Waals surface area (Å²) in [5, 5.41) is 3.09. The number of ether oxygens (including phenoxy) is 2. The largest absolute Gasteiger partial charge is 0.497 e. The number of hydrogen-bond donors (Lipinski definition) is 1. The van der Waals surface area contributed by atoms with Gasteiger partial charge >= 0.3 is 0 Å². The molecule has 6 heteroatoms. The highest BCUT2D eigenvalue weighted by atomic mass is 16.5. The Kier molecular flexibility index (Phi) is 5.98. The van der Waals surface area contributed by atoms with Crippen molar-refractivity contribution in [3.63, 3.8) is 0 Å². The quantitative estimate of drug-likeness (QED) is 0.475. The van der Waals surface area contributed by atoms with Crippen LogP contribution < -0.4 is 14.8 Å². The molecule has 3 aromatic carbocycles. The standard InChI is InChI=1S/C25H23N3O3/c1-28-16-15-26-24(28)23(19-7-6-10-22(17-19)30-2)27-25(29)18-11-13-21(14-12-18)31-20-8-4-3-5-9-20/h3-17,23H,1-2H3,(H,27,29). The second-order valence-corrected chi connectivity index (χ2v) is 7.02. The van der Waals surface area contributed by atoms with Gasteiger partial charge in [-0.3, -0.25) is 4.79 Å². The lowest BCUT2D eigenvalue weighted by Gasteiger charge is -2.20. The van der Waals surface area contributed by atoms with Gasteiger partial charge in [0.1, 0.15) is 29.1 Å². The molecule has 1 aromatic heterocycles. The molecule has 156 valence electrons. The Morgan fingerprint density at radius 3 is 2.32 bits per heavy atom. The predicted molar refractivity (Wildman–Crippen MR) is 118 cm³/mol. The van der Waals surface area contributed by atoms with Crippen molar-refractivity contribution in [1.82, 2.24) is 14.9 Å². The summed E-state index contributed by atoms with van der Waals surface area (Å²) >= 11 is 0. The highest BCUT2D eigenvalue weighted by Crippen LogP contribution is 2.25. The van der Waals surface area contributed by atoms with Gasteiger partial charge in [0.15, 0.2) is 0 Å². The van der Waals surface area contributed by atoms with Gasteiger partial charge in [-0.2, -0.15) is 0 Å². The minimum Gasteiger partial charge on any atom is -0.497 e. The molecule has 1 heterocycles. The average molecular weight is 413 g/mol. The highest BCUT2D eigenvalue weighted by Gasteiger charge is 2.22. The molecule has 0 aliphatic carbocycles. The first kappa shape index (κ1) is 20.2. The van der Waals surface area contributed by atoms with Gasteiger partial charge in [0.25, 0.3) is 5.91 Å². The van der Waals surface area contributed by atoms with E-state index in [2.05, 4.69) is 10.3 Å². The number of methoxy groups -OCH3 is 1. The predicted octanol–water partition coefficient (Wildman–Crippen LogP) is 4.74. The fourth-order valence-corrected chi connectivity index (χ4v) is 3.29. The summed E-state index contributed by atoms with van der Waals surface area (Å²) in [5.41, 5.74) is 1.41. The summed E-state index contributed by atoms with van der Waals surface area (Å²) in [4.78, 5) is 17.5. The van der Waals surface area contributed by atoms with Crippen LogP contribution in [0.15, 0.2) is 91.3 Å². The van der Waals surface area contributed by atoms with Gasteiger partial charge in [-0.05, 0) is 54.1 Å². The monoisotopic (exact) mass is 413 g/mol. The molecule has 6 nitrogen and oxygen atoms in total. The van der Waals surface area contributed by atoms with Crippen LogP contribution in [0.4, 0.5) is 0 Å². The first-order chi connectivity index (χ1) is 15.1. The molecule has 0 saturated heterocycles. The summed E-state index contributed by atoms with van der Waals surface area (Å²) in [6.07, 6.45) is 3.56. The highest BCUT2D eigenvalue weighted by molar-refractivity contribution is 5.94. The number of amides is 1. The molecule has 0 saturated carbocycles. The van der Waals surface area contributed by atoms with Crippen LogP contribution in [-0.4, -0.2) is 22.6 Å². The van der Waals surface area contributed by atoms with Gasteiger partial charge in [-0.1, -0.05) is 30.3 Å². The van der Waals surface area contributed by atoms with Crippen molar-refractivity contribution in [1.29, 1.82) is 0 Å². The Morgan fingerprint density at radius 2 is 1.65 bits per heavy atom. The van der Waals surface area contributed by atoms with Crippen molar-refractivity contribution in [3.8, 4) is 17.2 Å². The van der Waals surface area contributed by atoms with E-state index in [-0.39, 0.29) is 5.91 Å². The number of nitrogens with zero attached hydrogens (tertiary/aromatic N) is 2. The number of benzene rings is 3. The Hall–Kier alpha value is -4.06. The summed E-state index contributed by atoms with van der Waals surface area (Å²) in [6.45, 7) is 0. The van der Waals surface area contributed by atoms with Crippen LogP contribution in [0.1, 0.15) is 27.8 Å². The Bertz CT molecular complexity index is 1150.